The molecule has 0 bridgehead atoms. The van der Waals surface area contributed by atoms with Crippen molar-refractivity contribution >= 4 is 5.97 Å². The Bertz CT molecular complexity index is 491. The molecule has 0 fully saturated rings. The van der Waals surface area contributed by atoms with Gasteiger partial charge >= 0.3 is 5.97 Å². The van der Waals surface area contributed by atoms with Crippen molar-refractivity contribution in [2.24, 2.45) is 5.41 Å². The summed E-state index contributed by atoms with van der Waals surface area (Å²) >= 11 is 0. The van der Waals surface area contributed by atoms with Crippen LogP contribution in [0.15, 0.2) is 18.2 Å². The maximum atomic E-state index is 11.4. The zero-order valence-corrected chi connectivity index (χ0v) is 11.8. The fourth-order valence-electron chi connectivity index (χ4n) is 3.13. The van der Waals surface area contributed by atoms with Gasteiger partial charge in [0.15, 0.2) is 0 Å². The van der Waals surface area contributed by atoms with E-state index in [1.807, 2.05) is 25.1 Å². The third-order valence-electron chi connectivity index (χ3n) is 4.45. The summed E-state index contributed by atoms with van der Waals surface area (Å²) in [5.41, 5.74) is 2.40. The van der Waals surface area contributed by atoms with E-state index < -0.39 is 11.4 Å². The number of aliphatic carboxylic acids is 1. The number of carboxylic acid groups (broad SMARTS) is 1. The zero-order valence-electron chi connectivity index (χ0n) is 11.8. The molecular formula is C16H22O3. The maximum absolute atomic E-state index is 11.4. The van der Waals surface area contributed by atoms with Gasteiger partial charge in [0.1, 0.15) is 0 Å². The van der Waals surface area contributed by atoms with E-state index in [1.54, 1.807) is 13.8 Å². The molecule has 0 saturated heterocycles. The number of carbonyl (C=O) groups is 1. The van der Waals surface area contributed by atoms with Crippen molar-refractivity contribution in [3.63, 3.8) is 0 Å². The molecule has 0 aromatic heterocycles. The van der Waals surface area contributed by atoms with Gasteiger partial charge in [-0.3, -0.25) is 4.79 Å². The molecule has 104 valence electrons. The van der Waals surface area contributed by atoms with Gasteiger partial charge in [-0.25, -0.2) is 0 Å². The lowest BCUT2D eigenvalue weighted by Gasteiger charge is -2.30. The van der Waals surface area contributed by atoms with Crippen LogP contribution in [0.1, 0.15) is 62.3 Å². The molecule has 3 heteroatoms. The molecule has 2 unspecified atom stereocenters. The number of benzene rings is 1. The molecule has 1 aliphatic carbocycles. The van der Waals surface area contributed by atoms with E-state index in [-0.39, 0.29) is 12.0 Å². The van der Waals surface area contributed by atoms with E-state index in [0.29, 0.717) is 0 Å². The number of rotatable bonds is 4. The predicted octanol–water partition coefficient (Wildman–Crippen LogP) is 3.27. The monoisotopic (exact) mass is 262 g/mol. The summed E-state index contributed by atoms with van der Waals surface area (Å²) in [6, 6.07) is 6.07. The average molecular weight is 262 g/mol. The second kappa shape index (κ2) is 4.97. The van der Waals surface area contributed by atoms with Crippen LogP contribution in [-0.4, -0.2) is 16.2 Å². The van der Waals surface area contributed by atoms with Crippen molar-refractivity contribution in [3.8, 4) is 0 Å². The molecule has 19 heavy (non-hydrogen) atoms. The second-order valence-corrected chi connectivity index (χ2v) is 6.00. The van der Waals surface area contributed by atoms with E-state index in [4.69, 9.17) is 0 Å². The molecule has 2 N–H and O–H groups in total. The van der Waals surface area contributed by atoms with Crippen molar-refractivity contribution < 1.29 is 15.0 Å². The molecule has 3 nitrogen and oxygen atoms in total. The van der Waals surface area contributed by atoms with Gasteiger partial charge in [-0.15, -0.1) is 0 Å². The Morgan fingerprint density at radius 3 is 2.74 bits per heavy atom. The molecule has 1 aromatic carbocycles. The van der Waals surface area contributed by atoms with Crippen LogP contribution in [0.4, 0.5) is 0 Å². The largest absolute Gasteiger partial charge is 0.481 e. The van der Waals surface area contributed by atoms with Crippen molar-refractivity contribution in [2.75, 3.05) is 0 Å². The summed E-state index contributed by atoms with van der Waals surface area (Å²) in [5.74, 6) is -0.816. The molecule has 0 spiro atoms. The van der Waals surface area contributed by atoms with E-state index in [9.17, 15) is 15.0 Å². The van der Waals surface area contributed by atoms with Crippen molar-refractivity contribution in [1.82, 2.24) is 0 Å². The third kappa shape index (κ3) is 2.39. The number of fused-ring (bicyclic) bond motifs is 1. The van der Waals surface area contributed by atoms with Crippen LogP contribution in [0.2, 0.25) is 0 Å². The van der Waals surface area contributed by atoms with Gasteiger partial charge in [0, 0.05) is 0 Å². The SMILES string of the molecule is CCC(c1ccc2c(c1)C(O)CC2)C(C)(C)C(=O)O. The third-order valence-corrected chi connectivity index (χ3v) is 4.45. The molecular weight excluding hydrogens is 240 g/mol. The van der Waals surface area contributed by atoms with Crippen LogP contribution >= 0.6 is 0 Å². The van der Waals surface area contributed by atoms with Gasteiger partial charge in [-0.2, -0.15) is 0 Å². The van der Waals surface area contributed by atoms with Crippen LogP contribution in [0.3, 0.4) is 0 Å². The summed E-state index contributed by atoms with van der Waals surface area (Å²) in [6.45, 7) is 5.55. The summed E-state index contributed by atoms with van der Waals surface area (Å²) in [4.78, 5) is 11.4. The number of aryl methyl sites for hydroxylation is 1. The van der Waals surface area contributed by atoms with Gasteiger partial charge in [0.2, 0.25) is 0 Å². The van der Waals surface area contributed by atoms with E-state index in [1.165, 1.54) is 5.56 Å². The highest BCUT2D eigenvalue weighted by atomic mass is 16.4. The van der Waals surface area contributed by atoms with Gasteiger partial charge in [0.05, 0.1) is 11.5 Å². The Balaban J connectivity index is 2.40. The molecule has 0 amide bonds. The molecule has 0 radical (unpaired) electrons. The Kier molecular flexibility index (Phi) is 3.68. The molecule has 0 saturated carbocycles. The standard InChI is InChI=1S/C16H22O3/c1-4-13(16(2,3)15(18)19)11-6-5-10-7-8-14(17)12(10)9-11/h5-6,9,13-14,17H,4,7-8H2,1-3H3,(H,18,19). The van der Waals surface area contributed by atoms with Crippen LogP contribution in [-0.2, 0) is 11.2 Å². The highest BCUT2D eigenvalue weighted by Gasteiger charge is 2.37. The quantitative estimate of drug-likeness (QED) is 0.875. The Morgan fingerprint density at radius 2 is 2.16 bits per heavy atom. The smallest absolute Gasteiger partial charge is 0.309 e. The first-order chi connectivity index (χ1) is 8.87. The van der Waals surface area contributed by atoms with Crippen LogP contribution < -0.4 is 0 Å². The summed E-state index contributed by atoms with van der Waals surface area (Å²) in [7, 11) is 0. The van der Waals surface area contributed by atoms with Crippen LogP contribution in [0.5, 0.6) is 0 Å². The molecule has 0 aliphatic heterocycles. The normalized spacial score (nSPS) is 20.1. The minimum atomic E-state index is -0.799. The topological polar surface area (TPSA) is 57.5 Å². The van der Waals surface area contributed by atoms with Gasteiger partial charge in [0.25, 0.3) is 0 Å². The first-order valence-electron chi connectivity index (χ1n) is 6.92. The number of hydrogen-bond donors (Lipinski definition) is 2. The Morgan fingerprint density at radius 1 is 1.47 bits per heavy atom. The van der Waals surface area contributed by atoms with E-state index >= 15 is 0 Å². The number of aliphatic hydroxyl groups excluding tert-OH is 1. The average Bonchev–Trinajstić information content (AvgIpc) is 2.71. The molecule has 2 rings (SSSR count). The minimum Gasteiger partial charge on any atom is -0.481 e. The van der Waals surface area contributed by atoms with E-state index in [2.05, 4.69) is 0 Å². The molecule has 1 aliphatic rings. The van der Waals surface area contributed by atoms with Gasteiger partial charge in [-0.05, 0) is 55.7 Å². The van der Waals surface area contributed by atoms with Gasteiger partial charge in [-0.1, -0.05) is 25.1 Å². The highest BCUT2D eigenvalue weighted by molar-refractivity contribution is 5.75. The van der Waals surface area contributed by atoms with Crippen LogP contribution in [0.25, 0.3) is 0 Å². The van der Waals surface area contributed by atoms with E-state index in [0.717, 1.165) is 30.4 Å². The first-order valence-corrected chi connectivity index (χ1v) is 6.92. The van der Waals surface area contributed by atoms with Crippen molar-refractivity contribution in [1.29, 1.82) is 0 Å². The van der Waals surface area contributed by atoms with Gasteiger partial charge < -0.3 is 10.2 Å². The maximum Gasteiger partial charge on any atom is 0.309 e. The number of aliphatic hydroxyl groups is 1. The lowest BCUT2D eigenvalue weighted by atomic mass is 9.73. The lowest BCUT2D eigenvalue weighted by Crippen LogP contribution is -2.31. The number of hydrogen-bond acceptors (Lipinski definition) is 2. The predicted molar refractivity (Wildman–Crippen MR) is 74.2 cm³/mol. The summed E-state index contributed by atoms with van der Waals surface area (Å²) in [5, 5.41) is 19.4. The molecule has 2 atom stereocenters. The molecule has 1 aromatic rings. The fraction of sp³-hybridized carbons (Fsp3) is 0.562. The zero-order chi connectivity index (χ0) is 14.2. The first kappa shape index (κ1) is 14.1. The van der Waals surface area contributed by atoms with Crippen LogP contribution in [0, 0.1) is 5.41 Å². The lowest BCUT2D eigenvalue weighted by molar-refractivity contribution is -0.148. The highest BCUT2D eigenvalue weighted by Crippen LogP contribution is 2.41. The van der Waals surface area contributed by atoms with Crippen molar-refractivity contribution in [3.05, 3.63) is 34.9 Å². The Labute approximate surface area is 114 Å². The second-order valence-electron chi connectivity index (χ2n) is 6.00. The number of carboxylic acids is 1. The molecule has 0 heterocycles. The summed E-state index contributed by atoms with van der Waals surface area (Å²) < 4.78 is 0. The van der Waals surface area contributed by atoms with Crippen molar-refractivity contribution in [2.45, 2.75) is 52.1 Å². The fourth-order valence-corrected chi connectivity index (χ4v) is 3.13. The Hall–Kier alpha value is -1.35. The summed E-state index contributed by atoms with van der Waals surface area (Å²) in [6.07, 6.45) is 2.07. The minimum absolute atomic E-state index is 0.0388.